The smallest absolute Gasteiger partial charge is 0.374 e. The molecule has 1 saturated heterocycles. The predicted molar refractivity (Wildman–Crippen MR) is 124 cm³/mol. The maximum absolute atomic E-state index is 12.8. The maximum atomic E-state index is 12.8. The largest absolute Gasteiger partial charge is 0.416 e. The van der Waals surface area contributed by atoms with Gasteiger partial charge in [-0.1, -0.05) is 12.1 Å². The Morgan fingerprint density at radius 3 is 2.36 bits per heavy atom. The molecule has 8 heteroatoms. The number of amides is 1. The number of fused-ring (bicyclic) bond motifs is 1. The Balaban J connectivity index is 1.51. The highest BCUT2D eigenvalue weighted by Crippen LogP contribution is 2.31. The number of aryl methyl sites for hydroxylation is 1. The van der Waals surface area contributed by atoms with Crippen LogP contribution in [0.3, 0.4) is 0 Å². The van der Waals surface area contributed by atoms with Crippen molar-refractivity contribution in [2.75, 3.05) is 58.3 Å². The summed E-state index contributed by atoms with van der Waals surface area (Å²) >= 11 is 0. The Kier molecular flexibility index (Phi) is 6.95. The third-order valence-electron chi connectivity index (χ3n) is 6.75. The first kappa shape index (κ1) is 23.6. The highest BCUT2D eigenvalue weighted by molar-refractivity contribution is 5.94. The van der Waals surface area contributed by atoms with Crippen LogP contribution in [0.2, 0.25) is 0 Å². The molecule has 0 aliphatic carbocycles. The van der Waals surface area contributed by atoms with Crippen molar-refractivity contribution in [2.24, 2.45) is 0 Å². The van der Waals surface area contributed by atoms with Crippen LogP contribution in [0.15, 0.2) is 42.5 Å². The van der Waals surface area contributed by atoms with Crippen molar-refractivity contribution in [3.8, 4) is 0 Å². The van der Waals surface area contributed by atoms with E-state index in [-0.39, 0.29) is 17.5 Å². The molecule has 2 heterocycles. The molecule has 2 aliphatic rings. The Morgan fingerprint density at radius 2 is 1.70 bits per heavy atom. The lowest BCUT2D eigenvalue weighted by Crippen LogP contribution is -2.48. The monoisotopic (exact) mass is 460 g/mol. The van der Waals surface area contributed by atoms with E-state index in [2.05, 4.69) is 52.3 Å². The molecular formula is C25H31F3N4O. The summed E-state index contributed by atoms with van der Waals surface area (Å²) in [5, 5.41) is 2.97. The van der Waals surface area contributed by atoms with E-state index >= 15 is 0 Å². The summed E-state index contributed by atoms with van der Waals surface area (Å²) in [6.45, 7) is 5.16. The van der Waals surface area contributed by atoms with Gasteiger partial charge in [-0.25, -0.2) is 0 Å². The summed E-state index contributed by atoms with van der Waals surface area (Å²) in [6, 6.07) is 11.0. The number of alkyl halides is 3. The fourth-order valence-corrected chi connectivity index (χ4v) is 4.71. The van der Waals surface area contributed by atoms with Crippen LogP contribution in [0.5, 0.6) is 0 Å². The molecule has 0 saturated carbocycles. The van der Waals surface area contributed by atoms with E-state index in [4.69, 9.17) is 0 Å². The predicted octanol–water partition coefficient (Wildman–Crippen LogP) is 3.81. The van der Waals surface area contributed by atoms with Crippen molar-refractivity contribution in [1.29, 1.82) is 0 Å². The molecule has 1 fully saturated rings. The zero-order valence-corrected chi connectivity index (χ0v) is 19.2. The second-order valence-electron chi connectivity index (χ2n) is 9.05. The number of piperazine rings is 1. The summed E-state index contributed by atoms with van der Waals surface area (Å²) in [6.07, 6.45) is -2.25. The van der Waals surface area contributed by atoms with Gasteiger partial charge in [-0.05, 0) is 61.3 Å². The molecule has 1 atom stereocenters. The molecule has 1 N–H and O–H groups in total. The minimum Gasteiger partial charge on any atom is -0.374 e. The molecular weight excluding hydrogens is 429 g/mol. The van der Waals surface area contributed by atoms with Crippen LogP contribution in [0.4, 0.5) is 18.9 Å². The van der Waals surface area contributed by atoms with Crippen molar-refractivity contribution >= 4 is 11.6 Å². The van der Waals surface area contributed by atoms with Gasteiger partial charge in [0.25, 0.3) is 5.91 Å². The van der Waals surface area contributed by atoms with Gasteiger partial charge in [0, 0.05) is 57.6 Å². The van der Waals surface area contributed by atoms with Crippen molar-refractivity contribution in [3.05, 3.63) is 64.7 Å². The molecule has 178 valence electrons. The number of hydrogen-bond donors (Lipinski definition) is 1. The van der Waals surface area contributed by atoms with Gasteiger partial charge in [-0.3, -0.25) is 9.69 Å². The topological polar surface area (TPSA) is 38.8 Å². The fourth-order valence-electron chi connectivity index (χ4n) is 4.71. The summed E-state index contributed by atoms with van der Waals surface area (Å²) in [5.41, 5.74) is 3.23. The van der Waals surface area contributed by atoms with Gasteiger partial charge >= 0.3 is 6.18 Å². The van der Waals surface area contributed by atoms with E-state index in [1.165, 1.54) is 28.9 Å². The number of rotatable bonds is 5. The van der Waals surface area contributed by atoms with Gasteiger partial charge in [0.1, 0.15) is 0 Å². The quantitative estimate of drug-likeness (QED) is 0.737. The Morgan fingerprint density at radius 1 is 1.00 bits per heavy atom. The summed E-state index contributed by atoms with van der Waals surface area (Å²) in [5.74, 6) is -0.361. The number of nitrogens with zero attached hydrogens (tertiary/aromatic N) is 3. The lowest BCUT2D eigenvalue weighted by molar-refractivity contribution is -0.137. The van der Waals surface area contributed by atoms with Crippen LogP contribution in [-0.4, -0.2) is 69.1 Å². The lowest BCUT2D eigenvalue weighted by atomic mass is 9.95. The average Bonchev–Trinajstić information content (AvgIpc) is 2.80. The van der Waals surface area contributed by atoms with E-state index in [9.17, 15) is 18.0 Å². The zero-order chi connectivity index (χ0) is 23.6. The molecule has 2 aliphatic heterocycles. The molecule has 0 unspecified atom stereocenters. The fraction of sp³-hybridized carbons (Fsp3) is 0.480. The molecule has 2 aromatic rings. The van der Waals surface area contributed by atoms with Gasteiger partial charge in [0.15, 0.2) is 0 Å². The number of carbonyl (C=O) groups is 1. The van der Waals surface area contributed by atoms with Crippen molar-refractivity contribution in [3.63, 3.8) is 0 Å². The molecule has 0 spiro atoms. The Bertz CT molecular complexity index is 969. The van der Waals surface area contributed by atoms with E-state index in [0.29, 0.717) is 6.54 Å². The lowest BCUT2D eigenvalue weighted by Gasteiger charge is -2.39. The van der Waals surface area contributed by atoms with E-state index in [0.717, 1.165) is 57.7 Å². The van der Waals surface area contributed by atoms with Crippen LogP contribution < -0.4 is 10.2 Å². The van der Waals surface area contributed by atoms with E-state index < -0.39 is 11.7 Å². The van der Waals surface area contributed by atoms with Crippen LogP contribution in [0.25, 0.3) is 0 Å². The third-order valence-corrected chi connectivity index (χ3v) is 6.75. The minimum absolute atomic E-state index is 0.00892. The number of likely N-dealkylation sites (N-methyl/N-ethyl adjacent to an activating group) is 1. The molecule has 4 rings (SSSR count). The van der Waals surface area contributed by atoms with E-state index in [1.807, 2.05) is 0 Å². The second kappa shape index (κ2) is 9.73. The van der Waals surface area contributed by atoms with Crippen LogP contribution in [-0.2, 0) is 12.6 Å². The zero-order valence-electron chi connectivity index (χ0n) is 19.2. The normalized spacial score (nSPS) is 18.6. The first-order chi connectivity index (χ1) is 15.7. The van der Waals surface area contributed by atoms with Crippen molar-refractivity contribution in [1.82, 2.24) is 15.1 Å². The van der Waals surface area contributed by atoms with Crippen LogP contribution in [0.1, 0.15) is 39.5 Å². The molecule has 33 heavy (non-hydrogen) atoms. The number of benzene rings is 2. The standard InChI is InChI=1S/C25H31F3N4O/c1-30-12-14-32(15-13-30)23(20-7-10-22-19(16-20)4-3-11-31(22)2)17-29-24(33)18-5-8-21(9-6-18)25(26,27)28/h5-10,16,23H,3-4,11-15,17H2,1-2H3,(H,29,33)/t23-/m1/s1. The second-order valence-corrected chi connectivity index (χ2v) is 9.05. The number of carbonyl (C=O) groups excluding carboxylic acids is 1. The molecule has 2 aromatic carbocycles. The molecule has 0 aromatic heterocycles. The number of nitrogens with one attached hydrogen (secondary N) is 1. The average molecular weight is 461 g/mol. The maximum Gasteiger partial charge on any atom is 0.416 e. The third kappa shape index (κ3) is 5.50. The summed E-state index contributed by atoms with van der Waals surface area (Å²) in [4.78, 5) is 19.7. The Labute approximate surface area is 193 Å². The van der Waals surface area contributed by atoms with Crippen molar-refractivity contribution in [2.45, 2.75) is 25.1 Å². The Hall–Kier alpha value is -2.58. The highest BCUT2D eigenvalue weighted by atomic mass is 19.4. The van der Waals surface area contributed by atoms with Crippen molar-refractivity contribution < 1.29 is 18.0 Å². The first-order valence-electron chi connectivity index (χ1n) is 11.4. The number of hydrogen-bond acceptors (Lipinski definition) is 4. The number of halogens is 3. The molecule has 0 bridgehead atoms. The highest BCUT2D eigenvalue weighted by Gasteiger charge is 2.30. The summed E-state index contributed by atoms with van der Waals surface area (Å²) < 4.78 is 38.5. The van der Waals surface area contributed by atoms with Gasteiger partial charge in [-0.15, -0.1) is 0 Å². The molecule has 0 radical (unpaired) electrons. The van der Waals surface area contributed by atoms with Crippen LogP contribution in [0, 0.1) is 0 Å². The van der Waals surface area contributed by atoms with Crippen LogP contribution >= 0.6 is 0 Å². The van der Waals surface area contributed by atoms with E-state index in [1.54, 1.807) is 0 Å². The number of anilines is 1. The van der Waals surface area contributed by atoms with Gasteiger partial charge in [0.05, 0.1) is 11.6 Å². The van der Waals surface area contributed by atoms with Gasteiger partial charge in [0.2, 0.25) is 0 Å². The van der Waals surface area contributed by atoms with Gasteiger partial charge in [-0.2, -0.15) is 13.2 Å². The van der Waals surface area contributed by atoms with Gasteiger partial charge < -0.3 is 15.1 Å². The summed E-state index contributed by atoms with van der Waals surface area (Å²) in [7, 11) is 4.22. The molecule has 5 nitrogen and oxygen atoms in total. The SMILES string of the molecule is CN1CCN([C@H](CNC(=O)c2ccc(C(F)(F)F)cc2)c2ccc3c(c2)CCCN3C)CC1. The minimum atomic E-state index is -4.41. The molecule has 1 amide bonds. The first-order valence-corrected chi connectivity index (χ1v) is 11.4.